The Hall–Kier alpha value is -0.300. The maximum absolute atomic E-state index is 2.33. The molecule has 1 heteroatoms. The van der Waals surface area contributed by atoms with E-state index in [2.05, 4.69) is 52.6 Å². The van der Waals surface area contributed by atoms with Gasteiger partial charge in [0.1, 0.15) is 0 Å². The second kappa shape index (κ2) is 3.91. The van der Waals surface area contributed by atoms with Crippen LogP contribution in [-0.4, -0.2) is 24.0 Å². The van der Waals surface area contributed by atoms with Crippen LogP contribution < -0.4 is 0 Å². The fourth-order valence-electron chi connectivity index (χ4n) is 0.593. The summed E-state index contributed by atoms with van der Waals surface area (Å²) in [5.41, 5.74) is 1.67. The van der Waals surface area contributed by atoms with Crippen molar-refractivity contribution in [2.75, 3.05) is 13.6 Å². The predicted molar refractivity (Wildman–Crippen MR) is 51.8 cm³/mol. The summed E-state index contributed by atoms with van der Waals surface area (Å²) in [6.45, 7) is 12.0. The summed E-state index contributed by atoms with van der Waals surface area (Å²) < 4.78 is 0. The molecule has 0 aromatic heterocycles. The first-order valence-electron chi connectivity index (χ1n) is 4.18. The van der Waals surface area contributed by atoms with E-state index in [1.54, 1.807) is 0 Å². The molecule has 0 bridgehead atoms. The molecule has 0 saturated carbocycles. The summed E-state index contributed by atoms with van der Waals surface area (Å²) in [4.78, 5) is 2.33. The largest absolute Gasteiger partial charge is 0.298 e. The topological polar surface area (TPSA) is 3.24 Å². The van der Waals surface area contributed by atoms with Crippen molar-refractivity contribution >= 4 is 0 Å². The Morgan fingerprint density at radius 2 is 1.73 bits per heavy atom. The van der Waals surface area contributed by atoms with Crippen LogP contribution in [0.1, 0.15) is 34.6 Å². The molecule has 0 rings (SSSR count). The van der Waals surface area contributed by atoms with Crippen LogP contribution in [-0.2, 0) is 0 Å². The minimum atomic E-state index is 0.284. The standard InChI is InChI=1S/C10H21N/c1-9(2)7-8-11(6)10(3,4)5/h7H,8H2,1-6H3. The van der Waals surface area contributed by atoms with Gasteiger partial charge in [-0.25, -0.2) is 0 Å². The summed E-state index contributed by atoms with van der Waals surface area (Å²) >= 11 is 0. The van der Waals surface area contributed by atoms with Crippen molar-refractivity contribution < 1.29 is 0 Å². The average Bonchev–Trinajstić information content (AvgIpc) is 1.80. The first-order chi connectivity index (χ1) is 4.84. The van der Waals surface area contributed by atoms with Gasteiger partial charge in [0.05, 0.1) is 0 Å². The SMILES string of the molecule is CC(C)=CCN(C)C(C)(C)C. The van der Waals surface area contributed by atoms with Crippen LogP contribution in [0.3, 0.4) is 0 Å². The molecule has 0 unspecified atom stereocenters. The number of nitrogens with zero attached hydrogens (tertiary/aromatic N) is 1. The van der Waals surface area contributed by atoms with Crippen molar-refractivity contribution in [2.24, 2.45) is 0 Å². The fourth-order valence-corrected chi connectivity index (χ4v) is 0.593. The lowest BCUT2D eigenvalue weighted by atomic mass is 10.1. The van der Waals surface area contributed by atoms with Gasteiger partial charge in [-0.3, -0.25) is 4.90 Å². The minimum absolute atomic E-state index is 0.284. The van der Waals surface area contributed by atoms with Crippen LogP contribution in [0.5, 0.6) is 0 Å². The first kappa shape index (κ1) is 10.7. The lowest BCUT2D eigenvalue weighted by Gasteiger charge is -2.30. The number of likely N-dealkylation sites (N-methyl/N-ethyl adjacent to an activating group) is 1. The van der Waals surface area contributed by atoms with Gasteiger partial charge in [0.2, 0.25) is 0 Å². The Labute approximate surface area is 71.1 Å². The highest BCUT2D eigenvalue weighted by atomic mass is 15.1. The van der Waals surface area contributed by atoms with Crippen molar-refractivity contribution in [3.05, 3.63) is 11.6 Å². The molecule has 11 heavy (non-hydrogen) atoms. The highest BCUT2D eigenvalue weighted by molar-refractivity contribution is 4.95. The molecule has 0 atom stereocenters. The first-order valence-corrected chi connectivity index (χ1v) is 4.18. The summed E-state index contributed by atoms with van der Waals surface area (Å²) in [5, 5.41) is 0. The monoisotopic (exact) mass is 155 g/mol. The van der Waals surface area contributed by atoms with E-state index in [9.17, 15) is 0 Å². The molecule has 0 N–H and O–H groups in total. The molecule has 1 nitrogen and oxygen atoms in total. The van der Waals surface area contributed by atoms with E-state index in [0.29, 0.717) is 0 Å². The van der Waals surface area contributed by atoms with Gasteiger partial charge in [-0.15, -0.1) is 0 Å². The van der Waals surface area contributed by atoms with Crippen LogP contribution >= 0.6 is 0 Å². The molecule has 0 radical (unpaired) electrons. The Morgan fingerprint density at radius 1 is 1.27 bits per heavy atom. The molecule has 0 aromatic rings. The third kappa shape index (κ3) is 5.02. The number of rotatable bonds is 2. The van der Waals surface area contributed by atoms with Gasteiger partial charge in [-0.2, -0.15) is 0 Å². The minimum Gasteiger partial charge on any atom is -0.298 e. The van der Waals surface area contributed by atoms with Gasteiger partial charge < -0.3 is 0 Å². The van der Waals surface area contributed by atoms with Crippen LogP contribution in [0.2, 0.25) is 0 Å². The van der Waals surface area contributed by atoms with Crippen molar-refractivity contribution in [1.82, 2.24) is 4.90 Å². The third-order valence-corrected chi connectivity index (χ3v) is 1.92. The zero-order chi connectivity index (χ0) is 9.07. The van der Waals surface area contributed by atoms with Crippen molar-refractivity contribution in [1.29, 1.82) is 0 Å². The molecule has 0 aliphatic carbocycles. The van der Waals surface area contributed by atoms with E-state index < -0.39 is 0 Å². The van der Waals surface area contributed by atoms with Crippen molar-refractivity contribution in [3.63, 3.8) is 0 Å². The van der Waals surface area contributed by atoms with Crippen LogP contribution in [0.15, 0.2) is 11.6 Å². The fraction of sp³-hybridized carbons (Fsp3) is 0.800. The molecule has 0 aliphatic rings. The van der Waals surface area contributed by atoms with Crippen LogP contribution in [0.4, 0.5) is 0 Å². The lowest BCUT2D eigenvalue weighted by molar-refractivity contribution is 0.195. The number of hydrogen-bond donors (Lipinski definition) is 0. The van der Waals surface area contributed by atoms with E-state index in [-0.39, 0.29) is 5.54 Å². The van der Waals surface area contributed by atoms with Gasteiger partial charge in [-0.05, 0) is 41.7 Å². The smallest absolute Gasteiger partial charge is 0.0167 e. The van der Waals surface area contributed by atoms with Gasteiger partial charge in [0, 0.05) is 12.1 Å². The van der Waals surface area contributed by atoms with Crippen molar-refractivity contribution in [3.8, 4) is 0 Å². The second-order valence-corrected chi connectivity index (χ2v) is 4.33. The number of allylic oxidation sites excluding steroid dienone is 1. The maximum Gasteiger partial charge on any atom is 0.0167 e. The maximum atomic E-state index is 2.33. The Bertz CT molecular complexity index is 135. The predicted octanol–water partition coefficient (Wildman–Crippen LogP) is 2.68. The van der Waals surface area contributed by atoms with Gasteiger partial charge in [-0.1, -0.05) is 11.6 Å². The molecule has 0 spiro atoms. The molecule has 66 valence electrons. The van der Waals surface area contributed by atoms with Crippen LogP contribution in [0, 0.1) is 0 Å². The average molecular weight is 155 g/mol. The van der Waals surface area contributed by atoms with Crippen molar-refractivity contribution in [2.45, 2.75) is 40.2 Å². The highest BCUT2D eigenvalue weighted by Crippen LogP contribution is 2.09. The van der Waals surface area contributed by atoms with E-state index in [1.165, 1.54) is 5.57 Å². The normalized spacial score (nSPS) is 11.9. The van der Waals surface area contributed by atoms with E-state index in [1.807, 2.05) is 0 Å². The van der Waals surface area contributed by atoms with E-state index in [4.69, 9.17) is 0 Å². The van der Waals surface area contributed by atoms with E-state index >= 15 is 0 Å². The zero-order valence-corrected chi connectivity index (χ0v) is 8.73. The summed E-state index contributed by atoms with van der Waals surface area (Å²) in [7, 11) is 2.15. The number of hydrogen-bond acceptors (Lipinski definition) is 1. The van der Waals surface area contributed by atoms with E-state index in [0.717, 1.165) is 6.54 Å². The Kier molecular flexibility index (Phi) is 3.81. The molecular formula is C10H21N. The molecule has 0 fully saturated rings. The van der Waals surface area contributed by atoms with Gasteiger partial charge in [0.15, 0.2) is 0 Å². The van der Waals surface area contributed by atoms with Gasteiger partial charge >= 0.3 is 0 Å². The molecular weight excluding hydrogens is 134 g/mol. The molecule has 0 saturated heterocycles. The molecule has 0 aromatic carbocycles. The Morgan fingerprint density at radius 3 is 2.00 bits per heavy atom. The highest BCUT2D eigenvalue weighted by Gasteiger charge is 2.14. The summed E-state index contributed by atoms with van der Waals surface area (Å²) in [6.07, 6.45) is 2.26. The molecule has 0 heterocycles. The third-order valence-electron chi connectivity index (χ3n) is 1.92. The van der Waals surface area contributed by atoms with Gasteiger partial charge in [0.25, 0.3) is 0 Å². The molecule has 0 amide bonds. The second-order valence-electron chi connectivity index (χ2n) is 4.33. The quantitative estimate of drug-likeness (QED) is 0.554. The van der Waals surface area contributed by atoms with Crippen LogP contribution in [0.25, 0.3) is 0 Å². The summed E-state index contributed by atoms with van der Waals surface area (Å²) in [6, 6.07) is 0. The molecule has 0 aliphatic heterocycles. The zero-order valence-electron chi connectivity index (χ0n) is 8.73. The lowest BCUT2D eigenvalue weighted by Crippen LogP contribution is -2.38. The summed E-state index contributed by atoms with van der Waals surface area (Å²) in [5.74, 6) is 0. The Balaban J connectivity index is 3.89.